The van der Waals surface area contributed by atoms with Crippen LogP contribution in [0.15, 0.2) is 0 Å². The van der Waals surface area contributed by atoms with Crippen molar-refractivity contribution < 1.29 is 19.4 Å². The maximum absolute atomic E-state index is 11.6. The van der Waals surface area contributed by atoms with Gasteiger partial charge in [0.2, 0.25) is 0 Å². The maximum atomic E-state index is 11.6. The number of rotatable bonds is 20. The minimum absolute atomic E-state index is 0. The summed E-state index contributed by atoms with van der Waals surface area (Å²) in [4.78, 5) is 32.4. The molecule has 0 heterocycles. The van der Waals surface area contributed by atoms with E-state index in [1.165, 1.54) is 77.0 Å². The largest absolute Gasteiger partial charge is 0.355 e. The van der Waals surface area contributed by atoms with Crippen molar-refractivity contribution in [3.8, 4) is 0 Å². The maximum Gasteiger partial charge on any atom is 0.355 e. The summed E-state index contributed by atoms with van der Waals surface area (Å²) in [5, 5.41) is 0. The molecule has 0 spiro atoms. The zero-order valence-corrected chi connectivity index (χ0v) is 22.9. The molecule has 0 fully saturated rings. The molecule has 0 aliphatic rings. The summed E-state index contributed by atoms with van der Waals surface area (Å²) in [6.07, 6.45) is 22.3. The van der Waals surface area contributed by atoms with E-state index in [1.54, 1.807) is 0 Å². The number of carbonyl (C=O) groups excluding carboxylic acids is 2. The van der Waals surface area contributed by atoms with Crippen LogP contribution in [0.25, 0.3) is 0 Å². The molecule has 0 unspecified atom stereocenters. The summed E-state index contributed by atoms with van der Waals surface area (Å²) in [5.41, 5.74) is 0. The second-order valence-corrected chi connectivity index (χ2v) is 8.07. The van der Waals surface area contributed by atoms with Gasteiger partial charge in [-0.15, -0.1) is 0 Å². The van der Waals surface area contributed by atoms with E-state index in [-0.39, 0.29) is 51.4 Å². The van der Waals surface area contributed by atoms with Crippen molar-refractivity contribution in [3.63, 3.8) is 0 Å². The third-order valence-corrected chi connectivity index (χ3v) is 5.20. The molecule has 0 saturated carbocycles. The van der Waals surface area contributed by atoms with Crippen LogP contribution in [0.3, 0.4) is 0 Å². The molecule has 0 saturated heterocycles. The van der Waals surface area contributed by atoms with Crippen LogP contribution in [0.2, 0.25) is 0 Å². The van der Waals surface area contributed by atoms with Crippen LogP contribution in [0, 0.1) is 0 Å². The van der Waals surface area contributed by atoms with Gasteiger partial charge in [0, 0.05) is 51.4 Å². The first-order chi connectivity index (χ1) is 13.7. The van der Waals surface area contributed by atoms with Crippen LogP contribution in [0.4, 0.5) is 0 Å². The van der Waals surface area contributed by atoms with Crippen molar-refractivity contribution in [1.29, 1.82) is 0 Å². The molecule has 5 heteroatoms. The van der Waals surface area contributed by atoms with Crippen LogP contribution < -0.4 is 0 Å². The van der Waals surface area contributed by atoms with Gasteiger partial charge in [-0.2, -0.15) is 0 Å². The average molecular weight is 438 g/mol. The van der Waals surface area contributed by atoms with Gasteiger partial charge in [-0.25, -0.2) is 19.4 Å². The van der Waals surface area contributed by atoms with E-state index in [9.17, 15) is 9.59 Å². The van der Waals surface area contributed by atoms with Crippen molar-refractivity contribution in [2.24, 2.45) is 0 Å². The van der Waals surface area contributed by atoms with E-state index in [4.69, 9.17) is 0 Å². The van der Waals surface area contributed by atoms with Gasteiger partial charge < -0.3 is 0 Å². The SMILES string of the molecule is CCCCCCCCCCCC(=O)OOC(=O)CCCCCCCCCCC.[K]. The van der Waals surface area contributed by atoms with Crippen molar-refractivity contribution in [2.75, 3.05) is 0 Å². The molecule has 0 aromatic heterocycles. The Kier molecular flexibility index (Phi) is 29.1. The minimum atomic E-state index is -0.427. The summed E-state index contributed by atoms with van der Waals surface area (Å²) in [6.45, 7) is 4.46. The normalized spacial score (nSPS) is 10.4. The number of carbonyl (C=O) groups is 2. The molecule has 0 amide bonds. The summed E-state index contributed by atoms with van der Waals surface area (Å²) < 4.78 is 0. The summed E-state index contributed by atoms with van der Waals surface area (Å²) in [6, 6.07) is 0. The topological polar surface area (TPSA) is 52.6 Å². The van der Waals surface area contributed by atoms with Gasteiger partial charge in [0.25, 0.3) is 0 Å². The summed E-state index contributed by atoms with van der Waals surface area (Å²) in [7, 11) is 0. The van der Waals surface area contributed by atoms with E-state index in [2.05, 4.69) is 23.6 Å². The van der Waals surface area contributed by atoms with Gasteiger partial charge in [0.1, 0.15) is 0 Å². The van der Waals surface area contributed by atoms with Crippen LogP contribution in [0.5, 0.6) is 0 Å². The van der Waals surface area contributed by atoms with E-state index in [0.29, 0.717) is 12.8 Å². The second kappa shape index (κ2) is 26.6. The third-order valence-electron chi connectivity index (χ3n) is 5.20. The average Bonchev–Trinajstić information content (AvgIpc) is 2.69. The molecular weight excluding hydrogens is 391 g/mol. The van der Waals surface area contributed by atoms with Crippen LogP contribution in [-0.2, 0) is 19.4 Å². The molecule has 1 radical (unpaired) electrons. The Morgan fingerprint density at radius 1 is 0.448 bits per heavy atom. The molecule has 0 atom stereocenters. The monoisotopic (exact) mass is 437 g/mol. The van der Waals surface area contributed by atoms with Gasteiger partial charge in [-0.05, 0) is 12.8 Å². The smallest absolute Gasteiger partial charge is 0.247 e. The van der Waals surface area contributed by atoms with Gasteiger partial charge in [-0.1, -0.05) is 117 Å². The van der Waals surface area contributed by atoms with Crippen molar-refractivity contribution in [3.05, 3.63) is 0 Å². The van der Waals surface area contributed by atoms with E-state index in [1.807, 2.05) is 0 Å². The number of hydrogen-bond donors (Lipinski definition) is 0. The first kappa shape index (κ1) is 31.8. The third kappa shape index (κ3) is 26.5. The standard InChI is InChI=1S/C24H46O4.K/c1-3-5-7-9-11-13-15-17-19-21-23(25)27-28-24(26)22-20-18-16-14-12-10-8-6-4-2;/h3-22H2,1-2H3;. The fourth-order valence-corrected chi connectivity index (χ4v) is 3.34. The Morgan fingerprint density at radius 2 is 0.690 bits per heavy atom. The predicted molar refractivity (Wildman–Crippen MR) is 122 cm³/mol. The zero-order valence-electron chi connectivity index (χ0n) is 19.8. The molecule has 0 aliphatic carbocycles. The Balaban J connectivity index is 0. The predicted octanol–water partition coefficient (Wildman–Crippen LogP) is 7.45. The van der Waals surface area contributed by atoms with Crippen molar-refractivity contribution in [1.82, 2.24) is 0 Å². The zero-order chi connectivity index (χ0) is 20.7. The number of hydrogen-bond acceptors (Lipinski definition) is 4. The fourth-order valence-electron chi connectivity index (χ4n) is 3.34. The van der Waals surface area contributed by atoms with Gasteiger partial charge in [0.05, 0.1) is 12.8 Å². The Morgan fingerprint density at radius 3 is 0.966 bits per heavy atom. The van der Waals surface area contributed by atoms with Gasteiger partial charge >= 0.3 is 11.9 Å². The van der Waals surface area contributed by atoms with Crippen molar-refractivity contribution >= 4 is 63.3 Å². The first-order valence-electron chi connectivity index (χ1n) is 12.1. The Hall–Kier alpha value is 0.576. The molecule has 167 valence electrons. The Bertz CT molecular complexity index is 327. The number of unbranched alkanes of at least 4 members (excludes halogenated alkanes) is 16. The molecule has 0 aromatic carbocycles. The Labute approximate surface area is 223 Å². The molecular formula is C24H46KO4. The molecule has 4 nitrogen and oxygen atoms in total. The quantitative estimate of drug-likeness (QED) is 0.0859. The molecule has 0 aromatic rings. The molecule has 29 heavy (non-hydrogen) atoms. The first-order valence-corrected chi connectivity index (χ1v) is 12.1. The van der Waals surface area contributed by atoms with Gasteiger partial charge in [-0.3, -0.25) is 0 Å². The fraction of sp³-hybridized carbons (Fsp3) is 0.917. The van der Waals surface area contributed by atoms with E-state index in [0.717, 1.165) is 38.5 Å². The van der Waals surface area contributed by atoms with Crippen LogP contribution in [-0.4, -0.2) is 63.3 Å². The van der Waals surface area contributed by atoms with E-state index < -0.39 is 11.9 Å². The van der Waals surface area contributed by atoms with E-state index >= 15 is 0 Å². The van der Waals surface area contributed by atoms with Crippen molar-refractivity contribution in [2.45, 2.75) is 142 Å². The van der Waals surface area contributed by atoms with Crippen LogP contribution in [0.1, 0.15) is 142 Å². The van der Waals surface area contributed by atoms with Crippen LogP contribution >= 0.6 is 0 Å². The van der Waals surface area contributed by atoms with Gasteiger partial charge in [0.15, 0.2) is 0 Å². The minimum Gasteiger partial charge on any atom is -0.247 e. The summed E-state index contributed by atoms with van der Waals surface area (Å²) >= 11 is 0. The molecule has 0 rings (SSSR count). The molecule has 0 aliphatic heterocycles. The molecule has 0 N–H and O–H groups in total. The molecule has 0 bridgehead atoms. The second-order valence-electron chi connectivity index (χ2n) is 8.07. The summed E-state index contributed by atoms with van der Waals surface area (Å²) in [5.74, 6) is -0.855.